The van der Waals surface area contributed by atoms with Gasteiger partial charge < -0.3 is 5.32 Å². The van der Waals surface area contributed by atoms with Gasteiger partial charge >= 0.3 is 0 Å². The van der Waals surface area contributed by atoms with Crippen molar-refractivity contribution >= 4 is 16.1 Å². The van der Waals surface area contributed by atoms with Crippen molar-refractivity contribution in [2.24, 2.45) is 0 Å². The molecule has 136 valence electrons. The fourth-order valence-corrected chi connectivity index (χ4v) is 4.12. The van der Waals surface area contributed by atoms with E-state index in [0.717, 1.165) is 28.4 Å². The lowest BCUT2D eigenvalue weighted by Crippen LogP contribution is -2.57. The molecular weight excluding hydrogens is 330 g/mol. The van der Waals surface area contributed by atoms with Crippen LogP contribution in [0.1, 0.15) is 50.4 Å². The monoisotopic (exact) mass is 357 g/mol. The summed E-state index contributed by atoms with van der Waals surface area (Å²) in [7, 11) is -2.28. The van der Waals surface area contributed by atoms with Crippen LogP contribution in [0.25, 0.3) is 0 Å². The minimum Gasteiger partial charge on any atom is -0.355 e. The fraction of sp³-hybridized carbons (Fsp3) is 0.733. The average molecular weight is 357 g/mol. The largest absolute Gasteiger partial charge is 0.355 e. The van der Waals surface area contributed by atoms with E-state index in [-0.39, 0.29) is 5.91 Å². The highest BCUT2D eigenvalue weighted by Crippen LogP contribution is 2.29. The number of nitrogens with one attached hydrogen (secondary N) is 2. The Hall–Kier alpha value is -1.45. The Morgan fingerprint density at radius 3 is 2.75 bits per heavy atom. The molecule has 0 bridgehead atoms. The molecule has 1 amide bonds. The molecule has 0 aliphatic carbocycles. The maximum Gasteiger partial charge on any atom is 0.280 e. The van der Waals surface area contributed by atoms with Crippen LogP contribution < -0.4 is 10.0 Å². The number of hydrogen-bond acceptors (Lipinski definition) is 4. The molecule has 0 saturated carbocycles. The summed E-state index contributed by atoms with van der Waals surface area (Å²) in [5, 5.41) is 7.20. The average Bonchev–Trinajstić information content (AvgIpc) is 2.91. The van der Waals surface area contributed by atoms with Gasteiger partial charge in [-0.15, -0.1) is 0 Å². The summed E-state index contributed by atoms with van der Waals surface area (Å²) in [6.45, 7) is 7.13. The van der Waals surface area contributed by atoms with Crippen molar-refractivity contribution in [1.29, 1.82) is 0 Å². The van der Waals surface area contributed by atoms with Gasteiger partial charge in [-0.2, -0.15) is 22.5 Å². The number of hydrogen-bond donors (Lipinski definition) is 2. The minimum absolute atomic E-state index is 0.249. The number of nitrogens with zero attached hydrogens (tertiary/aromatic N) is 3. The van der Waals surface area contributed by atoms with Gasteiger partial charge in [-0.3, -0.25) is 9.48 Å². The van der Waals surface area contributed by atoms with Crippen LogP contribution in [0.15, 0.2) is 6.20 Å². The third-order valence-electron chi connectivity index (χ3n) is 4.38. The molecule has 1 aromatic heterocycles. The second kappa shape index (κ2) is 7.62. The van der Waals surface area contributed by atoms with Crippen LogP contribution in [0.5, 0.6) is 0 Å². The first-order valence-electron chi connectivity index (χ1n) is 8.37. The van der Waals surface area contributed by atoms with E-state index in [0.29, 0.717) is 19.5 Å². The number of carbonyl (C=O) groups is 1. The lowest BCUT2D eigenvalue weighted by Gasteiger charge is -2.36. The van der Waals surface area contributed by atoms with Gasteiger partial charge in [0.2, 0.25) is 5.91 Å². The topological polar surface area (TPSA) is 96.3 Å². The highest BCUT2D eigenvalue weighted by atomic mass is 32.2. The molecule has 1 saturated heterocycles. The highest BCUT2D eigenvalue weighted by Gasteiger charge is 2.41. The van der Waals surface area contributed by atoms with Crippen molar-refractivity contribution in [3.63, 3.8) is 0 Å². The summed E-state index contributed by atoms with van der Waals surface area (Å²) in [4.78, 5) is 12.4. The third-order valence-corrected chi connectivity index (χ3v) is 5.98. The molecule has 2 N–H and O–H groups in total. The van der Waals surface area contributed by atoms with E-state index in [4.69, 9.17) is 0 Å². The Morgan fingerprint density at radius 1 is 1.46 bits per heavy atom. The molecule has 2 rings (SSSR count). The first kappa shape index (κ1) is 18.9. The van der Waals surface area contributed by atoms with Crippen molar-refractivity contribution in [2.45, 2.75) is 58.7 Å². The summed E-state index contributed by atoms with van der Waals surface area (Å²) in [5.74, 6) is -0.249. The van der Waals surface area contributed by atoms with E-state index in [2.05, 4.69) is 15.1 Å². The lowest BCUT2D eigenvalue weighted by atomic mass is 10.00. The van der Waals surface area contributed by atoms with E-state index < -0.39 is 22.3 Å². The Bertz CT molecular complexity index is 685. The van der Waals surface area contributed by atoms with Gasteiger partial charge in [0.05, 0.1) is 11.7 Å². The second-order valence-electron chi connectivity index (χ2n) is 6.11. The molecule has 2 atom stereocenters. The molecule has 2 heterocycles. The van der Waals surface area contributed by atoms with E-state index in [1.54, 1.807) is 4.68 Å². The van der Waals surface area contributed by atoms with Gasteiger partial charge in [0.15, 0.2) is 0 Å². The van der Waals surface area contributed by atoms with Crippen molar-refractivity contribution in [3.8, 4) is 0 Å². The molecule has 24 heavy (non-hydrogen) atoms. The van der Waals surface area contributed by atoms with Crippen LogP contribution in [0, 0.1) is 6.92 Å². The number of unbranched alkanes of at least 4 members (excludes halogenated alkanes) is 1. The predicted octanol–water partition coefficient (Wildman–Crippen LogP) is 0.707. The summed E-state index contributed by atoms with van der Waals surface area (Å²) in [5.41, 5.74) is 1.60. The molecule has 1 aliphatic heterocycles. The maximum absolute atomic E-state index is 12.4. The molecule has 1 fully saturated rings. The van der Waals surface area contributed by atoms with Gasteiger partial charge in [-0.05, 0) is 26.7 Å². The standard InChI is InChI=1S/C15H27N5O3S/c1-5-7-8-16-15(21)14-9-13(18-24(22,23)19(14)4)12-10-20(6-2)17-11(12)3/h10,13-14,18H,5-9H2,1-4H3,(H,16,21). The molecule has 0 radical (unpaired) electrons. The Morgan fingerprint density at radius 2 is 2.17 bits per heavy atom. The number of aryl methyl sites for hydroxylation is 2. The second-order valence-corrected chi connectivity index (χ2v) is 7.88. The summed E-state index contributed by atoms with van der Waals surface area (Å²) >= 11 is 0. The number of aromatic nitrogens is 2. The van der Waals surface area contributed by atoms with Gasteiger partial charge in [0.1, 0.15) is 6.04 Å². The summed E-state index contributed by atoms with van der Waals surface area (Å²) in [6.07, 6.45) is 4.07. The SMILES string of the molecule is CCCCNC(=O)C1CC(c2cn(CC)nc2C)NS(=O)(=O)N1C. The van der Waals surface area contributed by atoms with Crippen LogP contribution in [0.4, 0.5) is 0 Å². The smallest absolute Gasteiger partial charge is 0.280 e. The quantitative estimate of drug-likeness (QED) is 0.733. The van der Waals surface area contributed by atoms with E-state index >= 15 is 0 Å². The van der Waals surface area contributed by atoms with E-state index in [1.807, 2.05) is 27.0 Å². The summed E-state index contributed by atoms with van der Waals surface area (Å²) < 4.78 is 30.4. The normalized spacial score (nSPS) is 24.0. The molecule has 0 spiro atoms. The van der Waals surface area contributed by atoms with Gasteiger partial charge in [-0.1, -0.05) is 13.3 Å². The van der Waals surface area contributed by atoms with Crippen LogP contribution in [0.3, 0.4) is 0 Å². The lowest BCUT2D eigenvalue weighted by molar-refractivity contribution is -0.125. The van der Waals surface area contributed by atoms with Crippen molar-refractivity contribution in [2.75, 3.05) is 13.6 Å². The zero-order chi connectivity index (χ0) is 17.9. The highest BCUT2D eigenvalue weighted by molar-refractivity contribution is 7.87. The van der Waals surface area contributed by atoms with E-state index in [1.165, 1.54) is 7.05 Å². The third kappa shape index (κ3) is 3.96. The number of rotatable bonds is 6. The fourth-order valence-electron chi connectivity index (χ4n) is 2.86. The van der Waals surface area contributed by atoms with Gasteiger partial charge in [0.25, 0.3) is 10.2 Å². The van der Waals surface area contributed by atoms with Crippen molar-refractivity contribution in [1.82, 2.24) is 24.1 Å². The Kier molecular flexibility index (Phi) is 6.00. The molecule has 0 aromatic carbocycles. The molecule has 1 aromatic rings. The molecule has 1 aliphatic rings. The molecule has 8 nitrogen and oxygen atoms in total. The number of likely N-dealkylation sites (N-methyl/N-ethyl adjacent to an activating group) is 1. The minimum atomic E-state index is -3.71. The first-order chi connectivity index (χ1) is 11.3. The zero-order valence-corrected chi connectivity index (χ0v) is 15.6. The van der Waals surface area contributed by atoms with Gasteiger partial charge in [-0.25, -0.2) is 0 Å². The maximum atomic E-state index is 12.4. The van der Waals surface area contributed by atoms with Crippen molar-refractivity contribution in [3.05, 3.63) is 17.5 Å². The molecule has 9 heteroatoms. The van der Waals surface area contributed by atoms with E-state index in [9.17, 15) is 13.2 Å². The number of amides is 1. The van der Waals surface area contributed by atoms with Gasteiger partial charge in [0, 0.05) is 31.9 Å². The van der Waals surface area contributed by atoms with Crippen LogP contribution in [-0.4, -0.2) is 48.0 Å². The van der Waals surface area contributed by atoms with Crippen LogP contribution in [-0.2, 0) is 21.5 Å². The first-order valence-corrected chi connectivity index (χ1v) is 9.81. The number of carbonyl (C=O) groups excluding carboxylic acids is 1. The Balaban J connectivity index is 2.22. The van der Waals surface area contributed by atoms with Crippen LogP contribution in [0.2, 0.25) is 0 Å². The molecule has 2 unspecified atom stereocenters. The van der Waals surface area contributed by atoms with Crippen LogP contribution >= 0.6 is 0 Å². The van der Waals surface area contributed by atoms with Crippen molar-refractivity contribution < 1.29 is 13.2 Å². The zero-order valence-electron chi connectivity index (χ0n) is 14.7. The predicted molar refractivity (Wildman–Crippen MR) is 91.5 cm³/mol. The summed E-state index contributed by atoms with van der Waals surface area (Å²) in [6, 6.07) is -1.17. The Labute approximate surface area is 143 Å². The molecular formula is C15H27N5O3S.